The minimum Gasteiger partial charge on any atom is -0.435 e. The predicted octanol–water partition coefficient (Wildman–Crippen LogP) is 11.3. The van der Waals surface area contributed by atoms with Gasteiger partial charge in [0.1, 0.15) is 0 Å². The van der Waals surface area contributed by atoms with Gasteiger partial charge < -0.3 is 9.47 Å². The van der Waals surface area contributed by atoms with E-state index < -0.39 is 0 Å². The number of carbonyl (C=O) groups excluding carboxylic acids is 2. The van der Waals surface area contributed by atoms with Crippen molar-refractivity contribution in [2.24, 2.45) is 0 Å². The third-order valence-corrected chi connectivity index (χ3v) is 7.07. The lowest BCUT2D eigenvalue weighted by molar-refractivity contribution is -0.144. The van der Waals surface area contributed by atoms with Gasteiger partial charge in [0.15, 0.2) is 0 Å². The molecule has 0 aliphatic carbocycles. The highest BCUT2D eigenvalue weighted by Crippen LogP contribution is 2.13. The molecular weight excluding hydrogens is 472 g/mol. The minimum atomic E-state index is -0.387. The molecule has 0 spiro atoms. The molecular formula is C34H62O4. The molecule has 0 fully saturated rings. The number of hydrogen-bond donors (Lipinski definition) is 0. The van der Waals surface area contributed by atoms with E-state index >= 15 is 0 Å². The zero-order valence-corrected chi connectivity index (χ0v) is 25.3. The van der Waals surface area contributed by atoms with E-state index in [4.69, 9.17) is 9.47 Å². The average molecular weight is 535 g/mol. The van der Waals surface area contributed by atoms with E-state index in [2.05, 4.69) is 13.8 Å². The van der Waals surface area contributed by atoms with Crippen LogP contribution < -0.4 is 0 Å². The summed E-state index contributed by atoms with van der Waals surface area (Å²) in [7, 11) is 0. The molecule has 4 heteroatoms. The Labute approximate surface area is 236 Å². The summed E-state index contributed by atoms with van der Waals surface area (Å²) in [5.74, 6) is -0.774. The Morgan fingerprint density at radius 3 is 0.974 bits per heavy atom. The van der Waals surface area contributed by atoms with Crippen molar-refractivity contribution < 1.29 is 19.1 Å². The van der Waals surface area contributed by atoms with Crippen LogP contribution in [-0.2, 0) is 19.1 Å². The quantitative estimate of drug-likeness (QED) is 0.0544. The first-order chi connectivity index (χ1) is 18.7. The van der Waals surface area contributed by atoms with Crippen LogP contribution in [0.4, 0.5) is 0 Å². The van der Waals surface area contributed by atoms with Crippen molar-refractivity contribution in [1.82, 2.24) is 0 Å². The van der Waals surface area contributed by atoms with Gasteiger partial charge in [-0.25, -0.2) is 0 Å². The van der Waals surface area contributed by atoms with Gasteiger partial charge in [-0.3, -0.25) is 9.59 Å². The first kappa shape index (κ1) is 36.4. The molecule has 0 rings (SSSR count). The minimum absolute atomic E-state index is 0.0497. The highest BCUT2D eigenvalue weighted by molar-refractivity contribution is 5.78. The molecule has 0 amide bonds. The third-order valence-electron chi connectivity index (χ3n) is 7.07. The topological polar surface area (TPSA) is 52.6 Å². The highest BCUT2D eigenvalue weighted by Gasteiger charge is 2.07. The lowest BCUT2D eigenvalue weighted by Crippen LogP contribution is -2.06. The summed E-state index contributed by atoms with van der Waals surface area (Å²) in [6, 6.07) is 0. The molecule has 38 heavy (non-hydrogen) atoms. The Kier molecular flexibility index (Phi) is 30.3. The summed E-state index contributed by atoms with van der Waals surface area (Å²) in [5, 5.41) is 0. The van der Waals surface area contributed by atoms with Gasteiger partial charge in [-0.1, -0.05) is 142 Å². The maximum Gasteiger partial charge on any atom is 0.311 e. The first-order valence-corrected chi connectivity index (χ1v) is 16.4. The monoisotopic (exact) mass is 534 g/mol. The Balaban J connectivity index is 3.42. The smallest absolute Gasteiger partial charge is 0.311 e. The molecule has 0 aliphatic heterocycles. The van der Waals surface area contributed by atoms with Gasteiger partial charge in [-0.15, -0.1) is 0 Å². The van der Waals surface area contributed by atoms with Crippen LogP contribution in [0.5, 0.6) is 0 Å². The second-order valence-corrected chi connectivity index (χ2v) is 10.9. The van der Waals surface area contributed by atoms with Gasteiger partial charge in [0.2, 0.25) is 0 Å². The van der Waals surface area contributed by atoms with Gasteiger partial charge in [0.25, 0.3) is 0 Å². The summed E-state index contributed by atoms with van der Waals surface area (Å²) in [5.41, 5.74) is 0. The van der Waals surface area contributed by atoms with Crippen LogP contribution in [0.3, 0.4) is 0 Å². The molecule has 0 heterocycles. The molecule has 4 nitrogen and oxygen atoms in total. The van der Waals surface area contributed by atoms with Crippen molar-refractivity contribution in [3.05, 3.63) is 24.7 Å². The molecule has 0 unspecified atom stereocenters. The second-order valence-electron chi connectivity index (χ2n) is 10.9. The van der Waals surface area contributed by atoms with Crippen molar-refractivity contribution in [2.75, 3.05) is 0 Å². The lowest BCUT2D eigenvalue weighted by atomic mass is 10.1. The Morgan fingerprint density at radius 2 is 0.684 bits per heavy atom. The molecule has 0 aliphatic rings. The zero-order chi connectivity index (χ0) is 27.8. The summed E-state index contributed by atoms with van der Waals surface area (Å²) in [6.07, 6.45) is 37.9. The molecule has 0 N–H and O–H groups in total. The number of esters is 2. The van der Waals surface area contributed by atoms with E-state index in [1.807, 2.05) is 12.2 Å². The number of carbonyl (C=O) groups is 2. The number of unbranched alkanes of at least 4 members (excludes halogenated alkanes) is 22. The molecule has 0 atom stereocenters. The van der Waals surface area contributed by atoms with Crippen LogP contribution >= 0.6 is 0 Å². The number of rotatable bonds is 29. The molecule has 0 aromatic rings. The number of allylic oxidation sites excluding steroid dienone is 2. The summed E-state index contributed by atoms with van der Waals surface area (Å²) >= 11 is 0. The average Bonchev–Trinajstić information content (AvgIpc) is 2.92. The van der Waals surface area contributed by atoms with Gasteiger partial charge in [-0.2, -0.15) is 0 Å². The van der Waals surface area contributed by atoms with E-state index in [1.54, 1.807) is 0 Å². The highest BCUT2D eigenvalue weighted by atomic mass is 16.5. The lowest BCUT2D eigenvalue weighted by Gasteiger charge is -2.02. The van der Waals surface area contributed by atoms with Crippen molar-refractivity contribution in [3.8, 4) is 0 Å². The molecule has 0 aromatic carbocycles. The molecule has 0 bridgehead atoms. The van der Waals surface area contributed by atoms with Crippen molar-refractivity contribution in [2.45, 2.75) is 181 Å². The van der Waals surface area contributed by atoms with Crippen LogP contribution in [0.1, 0.15) is 181 Å². The van der Waals surface area contributed by atoms with Crippen molar-refractivity contribution in [3.63, 3.8) is 0 Å². The van der Waals surface area contributed by atoms with Crippen molar-refractivity contribution in [1.29, 1.82) is 0 Å². The van der Waals surface area contributed by atoms with Gasteiger partial charge in [0, 0.05) is 0 Å². The van der Waals surface area contributed by atoms with Gasteiger partial charge in [-0.05, 0) is 37.8 Å². The Bertz CT molecular complexity index is 517. The fraction of sp³-hybridized carbons (Fsp3) is 0.824. The standard InChI is InChI=1S/C34H62O4/c1-3-5-7-9-11-13-15-17-19-21-23-25-27-31-37-33(35)29-30-34(36)38-32-28-26-24-22-20-18-16-14-12-10-8-6-4-2/h27-28,31-32H,3-26,29-30H2,1-2H3/b31-27+,32-28+. The van der Waals surface area contributed by atoms with Gasteiger partial charge >= 0.3 is 11.9 Å². The molecule has 0 radical (unpaired) electrons. The zero-order valence-electron chi connectivity index (χ0n) is 25.3. The first-order valence-electron chi connectivity index (χ1n) is 16.4. The Hall–Kier alpha value is -1.58. The van der Waals surface area contributed by atoms with Crippen LogP contribution in [0, 0.1) is 0 Å². The van der Waals surface area contributed by atoms with E-state index in [0.717, 1.165) is 25.7 Å². The van der Waals surface area contributed by atoms with E-state index in [1.165, 1.54) is 141 Å². The van der Waals surface area contributed by atoms with Crippen LogP contribution in [0.2, 0.25) is 0 Å². The fourth-order valence-corrected chi connectivity index (χ4v) is 4.56. The number of ether oxygens (including phenoxy) is 2. The fourth-order valence-electron chi connectivity index (χ4n) is 4.56. The maximum atomic E-state index is 11.8. The van der Waals surface area contributed by atoms with Gasteiger partial charge in [0.05, 0.1) is 25.4 Å². The normalized spacial score (nSPS) is 11.5. The summed E-state index contributed by atoms with van der Waals surface area (Å²) < 4.78 is 10.1. The Morgan fingerprint density at radius 1 is 0.421 bits per heavy atom. The van der Waals surface area contributed by atoms with E-state index in [-0.39, 0.29) is 24.8 Å². The maximum absolute atomic E-state index is 11.8. The van der Waals surface area contributed by atoms with Crippen LogP contribution in [-0.4, -0.2) is 11.9 Å². The molecule has 0 saturated carbocycles. The van der Waals surface area contributed by atoms with Crippen LogP contribution in [0.25, 0.3) is 0 Å². The predicted molar refractivity (Wildman–Crippen MR) is 162 cm³/mol. The van der Waals surface area contributed by atoms with E-state index in [0.29, 0.717) is 0 Å². The molecule has 222 valence electrons. The largest absolute Gasteiger partial charge is 0.435 e. The second kappa shape index (κ2) is 31.6. The SMILES string of the molecule is CCCCCCCCCCCCC/C=C/OC(=O)CCC(=O)O/C=C/CCCCCCCCCCCCC. The molecule has 0 aromatic heterocycles. The molecule has 0 saturated heterocycles. The number of hydrogen-bond acceptors (Lipinski definition) is 4. The van der Waals surface area contributed by atoms with E-state index in [9.17, 15) is 9.59 Å². The summed E-state index contributed by atoms with van der Waals surface area (Å²) in [4.78, 5) is 23.5. The summed E-state index contributed by atoms with van der Waals surface area (Å²) in [6.45, 7) is 4.52. The van der Waals surface area contributed by atoms with Crippen LogP contribution in [0.15, 0.2) is 24.7 Å². The third kappa shape index (κ3) is 30.6. The van der Waals surface area contributed by atoms with Crippen molar-refractivity contribution >= 4 is 11.9 Å².